The van der Waals surface area contributed by atoms with Gasteiger partial charge in [0.1, 0.15) is 11.6 Å². The van der Waals surface area contributed by atoms with Crippen LogP contribution >= 0.6 is 0 Å². The number of nitrogens with one attached hydrogen (secondary N) is 1. The lowest BCUT2D eigenvalue weighted by Gasteiger charge is -2.24. The van der Waals surface area contributed by atoms with Gasteiger partial charge in [-0.15, -0.1) is 0 Å². The standard InChI is InChI=1S/C28H35FN8O2/c1-14(13-38)37-23-12-34(5)11-15(2)39-28-24(16(3)31-36(28)7)22-10-20-25(17(4)30-22)32-35(6)27(20)18-8-19(23)26(33-37)21(29)9-18/h8-10,14-15,27,32,38H,11-13H2,1-7H3/t14-,15-,27?/m0/s1. The average Bonchev–Trinajstić information content (AvgIpc) is 3.49. The molecule has 39 heavy (non-hydrogen) atoms. The Hall–Kier alpha value is -3.54. The zero-order chi connectivity index (χ0) is 27.7. The molecule has 1 unspecified atom stereocenters. The van der Waals surface area contributed by atoms with E-state index in [1.165, 1.54) is 0 Å². The number of hydrogen-bond acceptors (Lipinski definition) is 8. The van der Waals surface area contributed by atoms with Crippen LogP contribution in [0.5, 0.6) is 5.88 Å². The van der Waals surface area contributed by atoms with E-state index in [1.807, 2.05) is 59.9 Å². The molecule has 0 aliphatic carbocycles. The minimum absolute atomic E-state index is 0.0982. The highest BCUT2D eigenvalue weighted by Crippen LogP contribution is 2.44. The molecule has 2 N–H and O–H groups in total. The second-order valence-electron chi connectivity index (χ2n) is 11.0. The normalized spacial score (nSPS) is 20.4. The molecule has 1 aromatic carbocycles. The average molecular weight is 535 g/mol. The maximum Gasteiger partial charge on any atom is 0.221 e. The molecule has 3 atom stereocenters. The number of fused-ring (bicyclic) bond motifs is 5. The number of aliphatic hydroxyl groups is 1. The molecular weight excluding hydrogens is 499 g/mol. The molecule has 0 radical (unpaired) electrons. The third-order valence-corrected chi connectivity index (χ3v) is 7.81. The number of hydrogen-bond donors (Lipinski definition) is 2. The summed E-state index contributed by atoms with van der Waals surface area (Å²) in [6.45, 7) is 8.88. The van der Waals surface area contributed by atoms with Gasteiger partial charge in [0.2, 0.25) is 5.88 Å². The molecule has 0 saturated heterocycles. The molecule has 4 bridgehead atoms. The molecule has 4 aromatic rings. The van der Waals surface area contributed by atoms with Gasteiger partial charge in [0.05, 0.1) is 52.7 Å². The number of likely N-dealkylation sites (N-methyl/N-ethyl adjacent to an activating group) is 1. The van der Waals surface area contributed by atoms with E-state index < -0.39 is 0 Å². The van der Waals surface area contributed by atoms with Crippen LogP contribution in [0.3, 0.4) is 0 Å². The maximum atomic E-state index is 15.8. The van der Waals surface area contributed by atoms with E-state index in [0.29, 0.717) is 24.5 Å². The predicted molar refractivity (Wildman–Crippen MR) is 147 cm³/mol. The molecule has 5 heterocycles. The zero-order valence-electron chi connectivity index (χ0n) is 23.4. The van der Waals surface area contributed by atoms with Crippen molar-refractivity contribution < 1.29 is 14.2 Å². The van der Waals surface area contributed by atoms with Crippen molar-refractivity contribution in [3.05, 3.63) is 52.2 Å². The molecule has 11 heteroatoms. The molecule has 0 spiro atoms. The van der Waals surface area contributed by atoms with Gasteiger partial charge in [-0.2, -0.15) is 10.2 Å². The topological polar surface area (TPSA) is 96.5 Å². The monoisotopic (exact) mass is 534 g/mol. The first-order chi connectivity index (χ1) is 18.6. The first-order valence-electron chi connectivity index (χ1n) is 13.3. The van der Waals surface area contributed by atoms with E-state index in [2.05, 4.69) is 26.6 Å². The van der Waals surface area contributed by atoms with Crippen molar-refractivity contribution in [3.63, 3.8) is 0 Å². The van der Waals surface area contributed by atoms with Crippen LogP contribution in [0.25, 0.3) is 22.2 Å². The molecule has 0 saturated carbocycles. The van der Waals surface area contributed by atoms with E-state index in [4.69, 9.17) is 9.72 Å². The molecule has 10 nitrogen and oxygen atoms in total. The van der Waals surface area contributed by atoms with Gasteiger partial charge in [0, 0.05) is 38.1 Å². The number of nitrogens with zero attached hydrogens (tertiary/aromatic N) is 7. The van der Waals surface area contributed by atoms with Gasteiger partial charge in [-0.3, -0.25) is 14.6 Å². The second kappa shape index (κ2) is 9.29. The summed E-state index contributed by atoms with van der Waals surface area (Å²) in [5.74, 6) is 0.286. The molecule has 2 aliphatic heterocycles. The van der Waals surface area contributed by atoms with Crippen LogP contribution in [0.2, 0.25) is 0 Å². The van der Waals surface area contributed by atoms with Crippen molar-refractivity contribution in [2.75, 3.05) is 32.7 Å². The fourth-order valence-electron chi connectivity index (χ4n) is 6.08. The first kappa shape index (κ1) is 25.7. The SMILES string of the molecule is Cc1nc2cc3c1NN(C)C3c1cc(F)c3nn([C@@H](C)CO)c(c3c1)CN(C)C[C@H](C)Oc1c-2c(C)nn1C. The number of rotatable bonds is 2. The third kappa shape index (κ3) is 4.07. The van der Waals surface area contributed by atoms with Crippen molar-refractivity contribution in [2.24, 2.45) is 7.05 Å². The number of halogens is 1. The van der Waals surface area contributed by atoms with Crippen LogP contribution in [-0.2, 0) is 13.6 Å². The Morgan fingerprint density at radius 2 is 1.92 bits per heavy atom. The van der Waals surface area contributed by atoms with E-state index in [1.54, 1.807) is 15.4 Å². The van der Waals surface area contributed by atoms with Crippen LogP contribution in [0.1, 0.15) is 54.1 Å². The van der Waals surface area contributed by atoms with Gasteiger partial charge < -0.3 is 15.3 Å². The zero-order valence-corrected chi connectivity index (χ0v) is 23.4. The summed E-state index contributed by atoms with van der Waals surface area (Å²) in [5.41, 5.74) is 10.6. The maximum absolute atomic E-state index is 15.8. The number of anilines is 1. The Labute approximate surface area is 227 Å². The fraction of sp³-hybridized carbons (Fsp3) is 0.464. The van der Waals surface area contributed by atoms with E-state index in [-0.39, 0.29) is 30.6 Å². The first-order valence-corrected chi connectivity index (χ1v) is 13.3. The molecule has 0 fully saturated rings. The van der Waals surface area contributed by atoms with Gasteiger partial charge >= 0.3 is 0 Å². The minimum Gasteiger partial charge on any atom is -0.473 e. The van der Waals surface area contributed by atoms with Crippen LogP contribution in [0, 0.1) is 19.7 Å². The smallest absolute Gasteiger partial charge is 0.221 e. The summed E-state index contributed by atoms with van der Waals surface area (Å²) in [7, 11) is 5.85. The second-order valence-corrected chi connectivity index (χ2v) is 11.0. The number of hydrazine groups is 1. The van der Waals surface area contributed by atoms with Crippen molar-refractivity contribution >= 4 is 16.6 Å². The number of aromatic nitrogens is 5. The number of ether oxygens (including phenoxy) is 1. The van der Waals surface area contributed by atoms with E-state index in [9.17, 15) is 5.11 Å². The highest BCUT2D eigenvalue weighted by molar-refractivity contribution is 5.84. The van der Waals surface area contributed by atoms with E-state index in [0.717, 1.165) is 50.5 Å². The summed E-state index contributed by atoms with van der Waals surface area (Å²) in [4.78, 5) is 7.08. The van der Waals surface area contributed by atoms with Gasteiger partial charge in [0.25, 0.3) is 0 Å². The minimum atomic E-state index is -0.380. The highest BCUT2D eigenvalue weighted by Gasteiger charge is 2.34. The number of benzene rings is 1. The Kier molecular flexibility index (Phi) is 6.12. The lowest BCUT2D eigenvalue weighted by atomic mass is 9.95. The Morgan fingerprint density at radius 3 is 2.67 bits per heavy atom. The molecule has 6 rings (SSSR count). The van der Waals surface area contributed by atoms with Crippen molar-refractivity contribution in [1.82, 2.24) is 34.5 Å². The van der Waals surface area contributed by atoms with E-state index >= 15 is 4.39 Å². The number of aryl methyl sites for hydroxylation is 3. The van der Waals surface area contributed by atoms with Gasteiger partial charge in [-0.25, -0.2) is 14.1 Å². The van der Waals surface area contributed by atoms with Crippen LogP contribution in [0.4, 0.5) is 10.1 Å². The lowest BCUT2D eigenvalue weighted by Crippen LogP contribution is -2.32. The molecule has 2 aliphatic rings. The van der Waals surface area contributed by atoms with Crippen LogP contribution in [0.15, 0.2) is 18.2 Å². The van der Waals surface area contributed by atoms with Crippen LogP contribution in [-0.4, -0.2) is 72.9 Å². The van der Waals surface area contributed by atoms with Gasteiger partial charge in [-0.05, 0) is 58.5 Å². The van der Waals surface area contributed by atoms with Crippen molar-refractivity contribution in [3.8, 4) is 17.1 Å². The Balaban J connectivity index is 1.64. The Morgan fingerprint density at radius 1 is 1.15 bits per heavy atom. The highest BCUT2D eigenvalue weighted by atomic mass is 19.1. The summed E-state index contributed by atoms with van der Waals surface area (Å²) in [6.07, 6.45) is -0.171. The number of pyridine rings is 1. The molecule has 3 aromatic heterocycles. The Bertz CT molecular complexity index is 1590. The quantitative estimate of drug-likeness (QED) is 0.402. The summed E-state index contributed by atoms with van der Waals surface area (Å²) in [6, 6.07) is 5.13. The van der Waals surface area contributed by atoms with Crippen molar-refractivity contribution in [1.29, 1.82) is 0 Å². The number of aliphatic hydroxyl groups excluding tert-OH is 1. The van der Waals surface area contributed by atoms with Crippen LogP contribution < -0.4 is 10.2 Å². The molecule has 206 valence electrons. The summed E-state index contributed by atoms with van der Waals surface area (Å²) >= 11 is 0. The van der Waals surface area contributed by atoms with Crippen molar-refractivity contribution in [2.45, 2.75) is 52.4 Å². The summed E-state index contributed by atoms with van der Waals surface area (Å²) < 4.78 is 25.8. The predicted octanol–water partition coefficient (Wildman–Crippen LogP) is 3.72. The largest absolute Gasteiger partial charge is 0.473 e. The third-order valence-electron chi connectivity index (χ3n) is 7.81. The van der Waals surface area contributed by atoms with Gasteiger partial charge in [-0.1, -0.05) is 0 Å². The summed E-state index contributed by atoms with van der Waals surface area (Å²) in [5, 5.41) is 22.0. The molecular formula is C28H35FN8O2. The fourth-order valence-corrected chi connectivity index (χ4v) is 6.08. The molecule has 0 amide bonds. The van der Waals surface area contributed by atoms with Gasteiger partial charge in [0.15, 0.2) is 5.82 Å². The lowest BCUT2D eigenvalue weighted by molar-refractivity contribution is 0.145.